The molecule has 2 atom stereocenters. The maximum absolute atomic E-state index is 14.0. The maximum Gasteiger partial charge on any atom is 0.274 e. The number of carbonyl (C=O) groups excluding carboxylic acids is 1. The van der Waals surface area contributed by atoms with E-state index in [0.717, 1.165) is 24.7 Å². The van der Waals surface area contributed by atoms with Crippen LogP contribution < -0.4 is 5.48 Å². The Labute approximate surface area is 167 Å². The molecule has 3 rings (SSSR count). The minimum absolute atomic E-state index is 0.0886. The maximum atomic E-state index is 14.0. The summed E-state index contributed by atoms with van der Waals surface area (Å²) in [6, 6.07) is 8.67. The summed E-state index contributed by atoms with van der Waals surface area (Å²) in [6.45, 7) is 6.40. The largest absolute Gasteiger partial charge is 0.296 e. The first-order valence-corrected chi connectivity index (χ1v) is 9.43. The van der Waals surface area contributed by atoms with E-state index >= 15 is 0 Å². The van der Waals surface area contributed by atoms with Crippen LogP contribution in [-0.4, -0.2) is 46.1 Å². The molecule has 2 aromatic rings. The van der Waals surface area contributed by atoms with Gasteiger partial charge in [-0.3, -0.25) is 19.8 Å². The van der Waals surface area contributed by atoms with Crippen LogP contribution in [0.4, 0.5) is 13.2 Å². The second-order valence-corrected chi connectivity index (χ2v) is 7.56. The first-order valence-electron chi connectivity index (χ1n) is 9.43. The van der Waals surface area contributed by atoms with Gasteiger partial charge in [0.1, 0.15) is 5.82 Å². The number of amides is 1. The van der Waals surface area contributed by atoms with Crippen LogP contribution in [0.2, 0.25) is 0 Å². The zero-order valence-corrected chi connectivity index (χ0v) is 16.3. The molecule has 29 heavy (non-hydrogen) atoms. The lowest BCUT2D eigenvalue weighted by Crippen LogP contribution is -2.55. The van der Waals surface area contributed by atoms with Crippen molar-refractivity contribution in [3.8, 4) is 0 Å². The van der Waals surface area contributed by atoms with Crippen LogP contribution in [0, 0.1) is 17.5 Å². The zero-order valence-electron chi connectivity index (χ0n) is 16.3. The Morgan fingerprint density at radius 2 is 1.59 bits per heavy atom. The smallest absolute Gasteiger partial charge is 0.274 e. The third kappa shape index (κ3) is 4.95. The fourth-order valence-corrected chi connectivity index (χ4v) is 3.87. The van der Waals surface area contributed by atoms with Crippen LogP contribution in [-0.2, 0) is 13.1 Å². The minimum atomic E-state index is -1.18. The van der Waals surface area contributed by atoms with Gasteiger partial charge >= 0.3 is 0 Å². The molecule has 1 amide bonds. The molecule has 0 aliphatic carbocycles. The van der Waals surface area contributed by atoms with Gasteiger partial charge in [0.15, 0.2) is 11.6 Å². The Kier molecular flexibility index (Phi) is 6.56. The van der Waals surface area contributed by atoms with Gasteiger partial charge in [-0.2, -0.15) is 0 Å². The van der Waals surface area contributed by atoms with Crippen molar-refractivity contribution < 1.29 is 23.2 Å². The van der Waals surface area contributed by atoms with Gasteiger partial charge < -0.3 is 0 Å². The molecule has 2 aromatic carbocycles. The molecule has 0 radical (unpaired) electrons. The number of benzene rings is 2. The van der Waals surface area contributed by atoms with Crippen LogP contribution in [0.1, 0.15) is 35.3 Å². The van der Waals surface area contributed by atoms with Crippen molar-refractivity contribution in [3.05, 3.63) is 70.5 Å². The van der Waals surface area contributed by atoms with E-state index in [9.17, 15) is 18.0 Å². The molecular formula is C21H24F3N3O2. The molecule has 0 bridgehead atoms. The van der Waals surface area contributed by atoms with E-state index in [0.29, 0.717) is 18.2 Å². The molecular weight excluding hydrogens is 383 g/mol. The number of nitrogens with one attached hydrogen (secondary N) is 1. The number of hydroxylamine groups is 1. The molecule has 0 saturated carbocycles. The van der Waals surface area contributed by atoms with Crippen LogP contribution in [0.5, 0.6) is 0 Å². The van der Waals surface area contributed by atoms with Gasteiger partial charge in [0, 0.05) is 55.5 Å². The van der Waals surface area contributed by atoms with Crippen LogP contribution in [0.15, 0.2) is 36.4 Å². The number of hydrogen-bond acceptors (Lipinski definition) is 4. The highest BCUT2D eigenvalue weighted by Gasteiger charge is 2.30. The fraction of sp³-hybridized carbons (Fsp3) is 0.381. The molecule has 1 aliphatic rings. The Morgan fingerprint density at radius 1 is 1.00 bits per heavy atom. The third-order valence-corrected chi connectivity index (χ3v) is 5.34. The van der Waals surface area contributed by atoms with E-state index in [4.69, 9.17) is 5.21 Å². The number of carbonyl (C=O) groups is 1. The van der Waals surface area contributed by atoms with E-state index in [1.54, 1.807) is 17.6 Å². The van der Waals surface area contributed by atoms with Crippen molar-refractivity contribution in [1.29, 1.82) is 0 Å². The standard InChI is InChI=1S/C21H24F3N3O2/c1-13-9-26(11-15-3-5-16(6-4-15)21(28)25-29)10-14(2)27(13)12-17-7-19(23)20(24)8-18(17)22/h3-8,13-14,29H,9-12H2,1-2H3,(H,25,28)/t13-,14+. The molecule has 1 heterocycles. The molecule has 0 aromatic heterocycles. The highest BCUT2D eigenvalue weighted by Crippen LogP contribution is 2.23. The molecule has 1 aliphatic heterocycles. The topological polar surface area (TPSA) is 55.8 Å². The first-order chi connectivity index (χ1) is 13.8. The van der Waals surface area contributed by atoms with E-state index < -0.39 is 23.4 Å². The Hall–Kier alpha value is -2.42. The van der Waals surface area contributed by atoms with Crippen molar-refractivity contribution in [3.63, 3.8) is 0 Å². The summed E-state index contributed by atoms with van der Waals surface area (Å²) in [7, 11) is 0. The van der Waals surface area contributed by atoms with Gasteiger partial charge in [-0.05, 0) is 37.6 Å². The lowest BCUT2D eigenvalue weighted by Gasteiger charge is -2.44. The monoisotopic (exact) mass is 407 g/mol. The molecule has 1 fully saturated rings. The summed E-state index contributed by atoms with van der Waals surface area (Å²) in [4.78, 5) is 15.7. The van der Waals surface area contributed by atoms with Gasteiger partial charge in [0.2, 0.25) is 0 Å². The van der Waals surface area contributed by atoms with E-state index in [1.807, 2.05) is 26.0 Å². The van der Waals surface area contributed by atoms with E-state index in [2.05, 4.69) is 9.80 Å². The average Bonchev–Trinajstić information content (AvgIpc) is 2.68. The number of hydrogen-bond donors (Lipinski definition) is 2. The highest BCUT2D eigenvalue weighted by atomic mass is 19.2. The van der Waals surface area contributed by atoms with Gasteiger partial charge in [0.05, 0.1) is 0 Å². The predicted molar refractivity (Wildman–Crippen MR) is 102 cm³/mol. The first kappa shape index (κ1) is 21.3. The molecule has 1 saturated heterocycles. The normalized spacial score (nSPS) is 20.6. The van der Waals surface area contributed by atoms with Crippen molar-refractivity contribution in [2.24, 2.45) is 0 Å². The van der Waals surface area contributed by atoms with Crippen molar-refractivity contribution in [2.75, 3.05) is 13.1 Å². The molecule has 8 heteroatoms. The molecule has 0 unspecified atom stereocenters. The third-order valence-electron chi connectivity index (χ3n) is 5.34. The van der Waals surface area contributed by atoms with Crippen molar-refractivity contribution in [1.82, 2.24) is 15.3 Å². The van der Waals surface area contributed by atoms with Crippen molar-refractivity contribution in [2.45, 2.75) is 39.0 Å². The fourth-order valence-electron chi connectivity index (χ4n) is 3.87. The number of rotatable bonds is 5. The number of nitrogens with zero attached hydrogens (tertiary/aromatic N) is 2. The second kappa shape index (κ2) is 8.94. The van der Waals surface area contributed by atoms with Crippen LogP contribution in [0.25, 0.3) is 0 Å². The quantitative estimate of drug-likeness (QED) is 0.454. The Balaban J connectivity index is 1.64. The summed E-state index contributed by atoms with van der Waals surface area (Å²) in [5.74, 6) is -3.52. The SMILES string of the molecule is C[C@@H]1CN(Cc2ccc(C(=O)NO)cc2)C[C@H](C)N1Cc1cc(F)c(F)cc1F. The van der Waals surface area contributed by atoms with E-state index in [1.165, 1.54) is 0 Å². The lowest BCUT2D eigenvalue weighted by molar-refractivity contribution is 0.0282. The van der Waals surface area contributed by atoms with Crippen molar-refractivity contribution >= 4 is 5.91 Å². The molecule has 2 N–H and O–H groups in total. The zero-order chi connectivity index (χ0) is 21.1. The molecule has 0 spiro atoms. The number of halogens is 3. The van der Waals surface area contributed by atoms with Gasteiger partial charge in [-0.15, -0.1) is 0 Å². The molecule has 156 valence electrons. The van der Waals surface area contributed by atoms with Crippen LogP contribution in [0.3, 0.4) is 0 Å². The van der Waals surface area contributed by atoms with Gasteiger partial charge in [-0.25, -0.2) is 18.7 Å². The minimum Gasteiger partial charge on any atom is -0.296 e. The highest BCUT2D eigenvalue weighted by molar-refractivity contribution is 5.93. The summed E-state index contributed by atoms with van der Waals surface area (Å²) < 4.78 is 40.7. The number of piperazine rings is 1. The average molecular weight is 407 g/mol. The second-order valence-electron chi connectivity index (χ2n) is 7.56. The van der Waals surface area contributed by atoms with Crippen LogP contribution >= 0.6 is 0 Å². The Morgan fingerprint density at radius 3 is 2.17 bits per heavy atom. The predicted octanol–water partition coefficient (Wildman–Crippen LogP) is 3.32. The summed E-state index contributed by atoms with van der Waals surface area (Å²) in [5.41, 5.74) is 3.15. The molecule has 5 nitrogen and oxygen atoms in total. The van der Waals surface area contributed by atoms with E-state index in [-0.39, 0.29) is 24.2 Å². The lowest BCUT2D eigenvalue weighted by atomic mass is 10.0. The van der Waals surface area contributed by atoms with Gasteiger partial charge in [-0.1, -0.05) is 12.1 Å². The Bertz CT molecular complexity index is 864. The summed E-state index contributed by atoms with van der Waals surface area (Å²) in [5, 5.41) is 8.68. The summed E-state index contributed by atoms with van der Waals surface area (Å²) >= 11 is 0. The summed E-state index contributed by atoms with van der Waals surface area (Å²) in [6.07, 6.45) is 0. The van der Waals surface area contributed by atoms with Gasteiger partial charge in [0.25, 0.3) is 5.91 Å².